The standard InChI is InChI=1S/C16H12F2O3/c1-8-3-4-9(2)10(7-8)15(19)13-11(17)5-6-12(18)14(13)16(20)21/h3-7H,1-2H3,(H,20,21). The molecule has 2 aromatic rings. The van der Waals surface area contributed by atoms with E-state index in [0.717, 1.165) is 11.6 Å². The van der Waals surface area contributed by atoms with Crippen LogP contribution < -0.4 is 0 Å². The molecular formula is C16H12F2O3. The molecule has 0 saturated heterocycles. The third-order valence-corrected chi connectivity index (χ3v) is 3.18. The number of halogens is 2. The summed E-state index contributed by atoms with van der Waals surface area (Å²) in [6, 6.07) is 6.40. The van der Waals surface area contributed by atoms with Gasteiger partial charge in [0.25, 0.3) is 0 Å². The molecule has 2 rings (SSSR count). The van der Waals surface area contributed by atoms with Gasteiger partial charge in [-0.3, -0.25) is 4.79 Å². The van der Waals surface area contributed by atoms with Gasteiger partial charge in [0, 0.05) is 5.56 Å². The van der Waals surface area contributed by atoms with Crippen molar-refractivity contribution in [1.82, 2.24) is 0 Å². The highest BCUT2D eigenvalue weighted by Gasteiger charge is 2.26. The maximum atomic E-state index is 13.9. The van der Waals surface area contributed by atoms with E-state index in [4.69, 9.17) is 5.11 Å². The number of hydrogen-bond donors (Lipinski definition) is 1. The Morgan fingerprint density at radius 3 is 2.10 bits per heavy atom. The monoisotopic (exact) mass is 290 g/mol. The minimum atomic E-state index is -1.68. The van der Waals surface area contributed by atoms with Crippen LogP contribution in [-0.4, -0.2) is 16.9 Å². The molecular weight excluding hydrogens is 278 g/mol. The first-order valence-electron chi connectivity index (χ1n) is 6.16. The van der Waals surface area contributed by atoms with Crippen LogP contribution in [0.2, 0.25) is 0 Å². The van der Waals surface area contributed by atoms with Crippen LogP contribution in [0.15, 0.2) is 30.3 Å². The number of hydrogen-bond acceptors (Lipinski definition) is 2. The van der Waals surface area contributed by atoms with E-state index in [0.29, 0.717) is 11.6 Å². The van der Waals surface area contributed by atoms with E-state index < -0.39 is 34.5 Å². The number of rotatable bonds is 3. The number of aromatic carboxylic acids is 1. The molecule has 0 aromatic heterocycles. The van der Waals surface area contributed by atoms with Crippen molar-refractivity contribution in [1.29, 1.82) is 0 Å². The second-order valence-electron chi connectivity index (χ2n) is 4.73. The fraction of sp³-hybridized carbons (Fsp3) is 0.125. The zero-order valence-corrected chi connectivity index (χ0v) is 11.4. The lowest BCUT2D eigenvalue weighted by atomic mass is 9.93. The van der Waals surface area contributed by atoms with E-state index in [1.807, 2.05) is 0 Å². The van der Waals surface area contributed by atoms with E-state index in [1.165, 1.54) is 6.07 Å². The van der Waals surface area contributed by atoms with Gasteiger partial charge in [-0.15, -0.1) is 0 Å². The number of benzene rings is 2. The van der Waals surface area contributed by atoms with Gasteiger partial charge >= 0.3 is 5.97 Å². The van der Waals surface area contributed by atoms with Gasteiger partial charge in [0.05, 0.1) is 5.56 Å². The summed E-state index contributed by atoms with van der Waals surface area (Å²) in [7, 11) is 0. The van der Waals surface area contributed by atoms with Crippen LogP contribution in [0.25, 0.3) is 0 Å². The van der Waals surface area contributed by atoms with Gasteiger partial charge in [0.2, 0.25) is 0 Å². The highest BCUT2D eigenvalue weighted by Crippen LogP contribution is 2.23. The Labute approximate surface area is 119 Å². The minimum Gasteiger partial charge on any atom is -0.478 e. The smallest absolute Gasteiger partial charge is 0.339 e. The number of carboxylic acid groups (broad SMARTS) is 1. The molecule has 0 unspecified atom stereocenters. The SMILES string of the molecule is Cc1ccc(C)c(C(=O)c2c(F)ccc(F)c2C(=O)O)c1. The maximum absolute atomic E-state index is 13.9. The van der Waals surface area contributed by atoms with Gasteiger partial charge in [0.1, 0.15) is 17.2 Å². The van der Waals surface area contributed by atoms with Crippen molar-refractivity contribution in [2.75, 3.05) is 0 Å². The molecule has 5 heteroatoms. The van der Waals surface area contributed by atoms with Crippen molar-refractivity contribution < 1.29 is 23.5 Å². The van der Waals surface area contributed by atoms with Gasteiger partial charge in [-0.1, -0.05) is 17.7 Å². The van der Waals surface area contributed by atoms with Crippen molar-refractivity contribution in [3.8, 4) is 0 Å². The molecule has 0 spiro atoms. The Balaban J connectivity index is 2.72. The molecule has 0 saturated carbocycles. The molecule has 0 bridgehead atoms. The van der Waals surface area contributed by atoms with Crippen molar-refractivity contribution in [2.45, 2.75) is 13.8 Å². The average Bonchev–Trinajstić information content (AvgIpc) is 2.42. The van der Waals surface area contributed by atoms with Crippen molar-refractivity contribution in [2.24, 2.45) is 0 Å². The molecule has 3 nitrogen and oxygen atoms in total. The van der Waals surface area contributed by atoms with Crippen LogP contribution >= 0.6 is 0 Å². The summed E-state index contributed by atoms with van der Waals surface area (Å²) in [5, 5.41) is 9.03. The first-order valence-corrected chi connectivity index (χ1v) is 6.16. The minimum absolute atomic E-state index is 0.155. The zero-order valence-electron chi connectivity index (χ0n) is 11.4. The first-order chi connectivity index (χ1) is 9.82. The van der Waals surface area contributed by atoms with E-state index in [-0.39, 0.29) is 5.56 Å². The molecule has 0 atom stereocenters. The number of aryl methyl sites for hydroxylation is 2. The number of ketones is 1. The van der Waals surface area contributed by atoms with Gasteiger partial charge in [-0.2, -0.15) is 0 Å². The molecule has 2 aromatic carbocycles. The summed E-state index contributed by atoms with van der Waals surface area (Å²) in [5.74, 6) is -4.72. The van der Waals surface area contributed by atoms with E-state index in [1.54, 1.807) is 26.0 Å². The number of carboxylic acids is 1. The quantitative estimate of drug-likeness (QED) is 0.880. The third-order valence-electron chi connectivity index (χ3n) is 3.18. The molecule has 0 aliphatic rings. The van der Waals surface area contributed by atoms with E-state index >= 15 is 0 Å². The lowest BCUT2D eigenvalue weighted by Crippen LogP contribution is -2.15. The number of carbonyl (C=O) groups excluding carboxylic acids is 1. The van der Waals surface area contributed by atoms with Crippen LogP contribution in [0.1, 0.15) is 37.4 Å². The Morgan fingerprint density at radius 2 is 1.52 bits per heavy atom. The molecule has 0 fully saturated rings. The summed E-state index contributed by atoms with van der Waals surface area (Å²) in [4.78, 5) is 23.6. The van der Waals surface area contributed by atoms with Gasteiger partial charge in [-0.25, -0.2) is 13.6 Å². The summed E-state index contributed by atoms with van der Waals surface area (Å²) >= 11 is 0. The first kappa shape index (κ1) is 14.8. The molecule has 0 radical (unpaired) electrons. The van der Waals surface area contributed by atoms with Crippen LogP contribution in [0, 0.1) is 25.5 Å². The van der Waals surface area contributed by atoms with Crippen LogP contribution in [0.3, 0.4) is 0 Å². The predicted octanol–water partition coefficient (Wildman–Crippen LogP) is 3.51. The molecule has 1 N–H and O–H groups in total. The highest BCUT2D eigenvalue weighted by molar-refractivity contribution is 6.15. The molecule has 0 aliphatic carbocycles. The summed E-state index contributed by atoms with van der Waals surface area (Å²) in [5.41, 5.74) is -0.220. The Kier molecular flexibility index (Phi) is 3.84. The normalized spacial score (nSPS) is 10.5. The Morgan fingerprint density at radius 1 is 0.952 bits per heavy atom. The molecule has 0 aliphatic heterocycles. The largest absolute Gasteiger partial charge is 0.478 e. The highest BCUT2D eigenvalue weighted by atomic mass is 19.1. The van der Waals surface area contributed by atoms with Crippen LogP contribution in [0.5, 0.6) is 0 Å². The topological polar surface area (TPSA) is 54.4 Å². The Bertz CT molecular complexity index is 751. The van der Waals surface area contributed by atoms with E-state index in [9.17, 15) is 18.4 Å². The van der Waals surface area contributed by atoms with Gasteiger partial charge in [0.15, 0.2) is 5.78 Å². The predicted molar refractivity (Wildman–Crippen MR) is 72.7 cm³/mol. The van der Waals surface area contributed by atoms with E-state index in [2.05, 4.69) is 0 Å². The Hall–Kier alpha value is -2.56. The van der Waals surface area contributed by atoms with Crippen LogP contribution in [0.4, 0.5) is 8.78 Å². The van der Waals surface area contributed by atoms with Crippen molar-refractivity contribution in [3.63, 3.8) is 0 Å². The average molecular weight is 290 g/mol. The van der Waals surface area contributed by atoms with Crippen molar-refractivity contribution >= 4 is 11.8 Å². The summed E-state index contributed by atoms with van der Waals surface area (Å²) < 4.78 is 27.5. The van der Waals surface area contributed by atoms with Gasteiger partial charge < -0.3 is 5.11 Å². The molecule has 0 amide bonds. The molecule has 21 heavy (non-hydrogen) atoms. The maximum Gasteiger partial charge on any atom is 0.339 e. The van der Waals surface area contributed by atoms with Crippen molar-refractivity contribution in [3.05, 3.63) is 69.8 Å². The third kappa shape index (κ3) is 2.67. The summed E-state index contributed by atoms with van der Waals surface area (Å²) in [6.07, 6.45) is 0. The summed E-state index contributed by atoms with van der Waals surface area (Å²) in [6.45, 7) is 3.39. The lowest BCUT2D eigenvalue weighted by Gasteiger charge is -2.10. The van der Waals surface area contributed by atoms with Gasteiger partial charge in [-0.05, 0) is 37.6 Å². The molecule has 108 valence electrons. The second kappa shape index (κ2) is 5.44. The lowest BCUT2D eigenvalue weighted by molar-refractivity contribution is 0.0686. The zero-order chi connectivity index (χ0) is 15.7. The fourth-order valence-corrected chi connectivity index (χ4v) is 2.10. The van der Waals surface area contributed by atoms with Crippen LogP contribution in [-0.2, 0) is 0 Å². The fourth-order valence-electron chi connectivity index (χ4n) is 2.10. The second-order valence-corrected chi connectivity index (χ2v) is 4.73. The number of carbonyl (C=O) groups is 2. The molecule has 0 heterocycles.